The number of hydrogen-bond donors (Lipinski definition) is 3. The van der Waals surface area contributed by atoms with Crippen LogP contribution in [0.3, 0.4) is 0 Å². The van der Waals surface area contributed by atoms with Crippen molar-refractivity contribution in [3.05, 3.63) is 35.1 Å². The molecule has 1 aromatic rings. The molecule has 2 amide bonds. The minimum Gasteiger partial charge on any atom is -0.480 e. The van der Waals surface area contributed by atoms with Gasteiger partial charge in [0.25, 0.3) is 5.91 Å². The molecule has 0 aliphatic carbocycles. The Morgan fingerprint density at radius 1 is 1.26 bits per heavy atom. The van der Waals surface area contributed by atoms with Crippen LogP contribution in [-0.4, -0.2) is 35.5 Å². The number of carboxylic acids is 1. The number of halogens is 1. The van der Waals surface area contributed by atoms with E-state index in [1.165, 1.54) is 25.1 Å². The molecule has 0 radical (unpaired) electrons. The summed E-state index contributed by atoms with van der Waals surface area (Å²) in [5.41, 5.74) is 0.323. The number of hydrogen-bond acceptors (Lipinski definition) is 3. The molecule has 7 heteroatoms. The van der Waals surface area contributed by atoms with Crippen molar-refractivity contribution in [3.8, 4) is 0 Å². The highest BCUT2D eigenvalue weighted by atomic mass is 19.1. The Hall–Kier alpha value is -2.44. The van der Waals surface area contributed by atoms with Gasteiger partial charge in [0.05, 0.1) is 6.54 Å². The number of carbonyl (C=O) groups excluding carboxylic acids is 2. The first-order valence-electron chi connectivity index (χ1n) is 7.27. The van der Waals surface area contributed by atoms with Crippen LogP contribution in [0.1, 0.15) is 36.2 Å². The largest absolute Gasteiger partial charge is 0.480 e. The third-order valence-corrected chi connectivity index (χ3v) is 3.26. The molecule has 0 fully saturated rings. The molecule has 0 aromatic heterocycles. The van der Waals surface area contributed by atoms with Crippen LogP contribution in [0.25, 0.3) is 0 Å². The van der Waals surface area contributed by atoms with Crippen molar-refractivity contribution in [2.75, 3.05) is 6.54 Å². The molecule has 1 aromatic carbocycles. The van der Waals surface area contributed by atoms with Crippen molar-refractivity contribution in [1.82, 2.24) is 10.6 Å². The van der Waals surface area contributed by atoms with Gasteiger partial charge in [-0.15, -0.1) is 0 Å². The zero-order chi connectivity index (χ0) is 17.6. The van der Waals surface area contributed by atoms with E-state index in [9.17, 15) is 18.8 Å². The lowest BCUT2D eigenvalue weighted by Crippen LogP contribution is -2.46. The summed E-state index contributed by atoms with van der Waals surface area (Å²) in [5, 5.41) is 13.8. The average molecular weight is 324 g/mol. The van der Waals surface area contributed by atoms with Crippen LogP contribution in [0.5, 0.6) is 0 Å². The second-order valence-corrected chi connectivity index (χ2v) is 5.68. The van der Waals surface area contributed by atoms with Crippen LogP contribution >= 0.6 is 0 Å². The van der Waals surface area contributed by atoms with Gasteiger partial charge in [-0.2, -0.15) is 0 Å². The number of rotatable bonds is 7. The van der Waals surface area contributed by atoms with Crippen LogP contribution in [0.15, 0.2) is 18.2 Å². The van der Waals surface area contributed by atoms with E-state index in [1.807, 2.05) is 13.8 Å². The van der Waals surface area contributed by atoms with E-state index in [2.05, 4.69) is 10.6 Å². The fourth-order valence-electron chi connectivity index (χ4n) is 2.05. The summed E-state index contributed by atoms with van der Waals surface area (Å²) in [6.07, 6.45) is 0.290. The van der Waals surface area contributed by atoms with Crippen molar-refractivity contribution in [1.29, 1.82) is 0 Å². The predicted octanol–water partition coefficient (Wildman–Crippen LogP) is 1.48. The van der Waals surface area contributed by atoms with Gasteiger partial charge in [0.1, 0.15) is 11.9 Å². The van der Waals surface area contributed by atoms with Gasteiger partial charge < -0.3 is 15.7 Å². The topological polar surface area (TPSA) is 95.5 Å². The van der Waals surface area contributed by atoms with Crippen LogP contribution < -0.4 is 10.6 Å². The number of carboxylic acid groups (broad SMARTS) is 1. The summed E-state index contributed by atoms with van der Waals surface area (Å²) >= 11 is 0. The van der Waals surface area contributed by atoms with Gasteiger partial charge in [0, 0.05) is 5.56 Å². The van der Waals surface area contributed by atoms with Crippen molar-refractivity contribution < 1.29 is 23.9 Å². The zero-order valence-electron chi connectivity index (χ0n) is 13.4. The SMILES string of the molecule is Cc1c(F)cccc1C(=O)NCC(=O)N[C@@H](CC(C)C)C(=O)O. The Labute approximate surface area is 134 Å². The molecule has 3 N–H and O–H groups in total. The summed E-state index contributed by atoms with van der Waals surface area (Å²) in [4.78, 5) is 34.8. The molecule has 0 bridgehead atoms. The number of amides is 2. The minimum atomic E-state index is -1.13. The van der Waals surface area contributed by atoms with Gasteiger partial charge in [0.2, 0.25) is 5.91 Å². The smallest absolute Gasteiger partial charge is 0.326 e. The average Bonchev–Trinajstić information content (AvgIpc) is 2.46. The van der Waals surface area contributed by atoms with Gasteiger partial charge in [-0.1, -0.05) is 19.9 Å². The maximum Gasteiger partial charge on any atom is 0.326 e. The molecule has 0 saturated heterocycles. The second kappa shape index (κ2) is 8.26. The fraction of sp³-hybridized carbons (Fsp3) is 0.438. The quantitative estimate of drug-likeness (QED) is 0.708. The van der Waals surface area contributed by atoms with Crippen molar-refractivity contribution in [3.63, 3.8) is 0 Å². The lowest BCUT2D eigenvalue weighted by Gasteiger charge is -2.16. The molecule has 0 aliphatic heterocycles. The maximum atomic E-state index is 13.4. The summed E-state index contributed by atoms with van der Waals surface area (Å²) < 4.78 is 13.4. The molecule has 1 rings (SSSR count). The molecule has 0 aliphatic rings. The van der Waals surface area contributed by atoms with Crippen LogP contribution in [0, 0.1) is 18.7 Å². The highest BCUT2D eigenvalue weighted by molar-refractivity contribution is 5.98. The monoisotopic (exact) mass is 324 g/mol. The number of nitrogens with one attached hydrogen (secondary N) is 2. The summed E-state index contributed by atoms with van der Waals surface area (Å²) in [6, 6.07) is 3.09. The zero-order valence-corrected chi connectivity index (χ0v) is 13.4. The van der Waals surface area contributed by atoms with E-state index in [-0.39, 0.29) is 30.0 Å². The fourth-order valence-corrected chi connectivity index (χ4v) is 2.05. The Morgan fingerprint density at radius 3 is 2.48 bits per heavy atom. The highest BCUT2D eigenvalue weighted by Crippen LogP contribution is 2.11. The lowest BCUT2D eigenvalue weighted by atomic mass is 10.0. The maximum absolute atomic E-state index is 13.4. The molecule has 0 spiro atoms. The van der Waals surface area contributed by atoms with E-state index in [4.69, 9.17) is 5.11 Å². The van der Waals surface area contributed by atoms with Crippen LogP contribution in [0.4, 0.5) is 4.39 Å². The molecule has 0 heterocycles. The molecule has 126 valence electrons. The Bertz CT molecular complexity index is 602. The number of benzene rings is 1. The normalized spacial score (nSPS) is 11.9. The van der Waals surface area contributed by atoms with Gasteiger partial charge in [-0.3, -0.25) is 9.59 Å². The first kappa shape index (κ1) is 18.6. The molecule has 23 heavy (non-hydrogen) atoms. The predicted molar refractivity (Wildman–Crippen MR) is 82.5 cm³/mol. The van der Waals surface area contributed by atoms with E-state index in [1.54, 1.807) is 0 Å². The van der Waals surface area contributed by atoms with Crippen LogP contribution in [0.2, 0.25) is 0 Å². The second-order valence-electron chi connectivity index (χ2n) is 5.68. The van der Waals surface area contributed by atoms with Gasteiger partial charge in [0.15, 0.2) is 0 Å². The first-order chi connectivity index (χ1) is 10.7. The molecule has 1 atom stereocenters. The minimum absolute atomic E-state index is 0.0981. The standard InChI is InChI=1S/C16H21FN2O4/c1-9(2)7-13(16(22)23)19-14(20)8-18-15(21)11-5-4-6-12(17)10(11)3/h4-6,9,13H,7-8H2,1-3H3,(H,18,21)(H,19,20)(H,22,23)/t13-/m0/s1. The Kier molecular flexibility index (Phi) is 6.68. The van der Waals surface area contributed by atoms with Crippen molar-refractivity contribution >= 4 is 17.8 Å². The van der Waals surface area contributed by atoms with E-state index in [0.29, 0.717) is 0 Å². The van der Waals surface area contributed by atoms with E-state index in [0.717, 1.165) is 0 Å². The van der Waals surface area contributed by atoms with Crippen molar-refractivity contribution in [2.45, 2.75) is 33.2 Å². The van der Waals surface area contributed by atoms with Crippen molar-refractivity contribution in [2.24, 2.45) is 5.92 Å². The van der Waals surface area contributed by atoms with E-state index >= 15 is 0 Å². The van der Waals surface area contributed by atoms with E-state index < -0.39 is 29.6 Å². The Morgan fingerprint density at radius 2 is 1.91 bits per heavy atom. The molecular weight excluding hydrogens is 303 g/mol. The number of aliphatic carboxylic acids is 1. The molecule has 0 unspecified atom stereocenters. The van der Waals surface area contributed by atoms with Gasteiger partial charge in [-0.25, -0.2) is 9.18 Å². The molecular formula is C16H21FN2O4. The molecule has 0 saturated carbocycles. The summed E-state index contributed by atoms with van der Waals surface area (Å²) in [6.45, 7) is 4.78. The molecule has 6 nitrogen and oxygen atoms in total. The third-order valence-electron chi connectivity index (χ3n) is 3.26. The first-order valence-corrected chi connectivity index (χ1v) is 7.27. The van der Waals surface area contributed by atoms with Gasteiger partial charge >= 0.3 is 5.97 Å². The van der Waals surface area contributed by atoms with Crippen LogP contribution in [-0.2, 0) is 9.59 Å². The summed E-state index contributed by atoms with van der Waals surface area (Å²) in [5.74, 6) is -2.74. The third kappa shape index (κ3) is 5.69. The lowest BCUT2D eigenvalue weighted by molar-refractivity contribution is -0.142. The van der Waals surface area contributed by atoms with Gasteiger partial charge in [-0.05, 0) is 37.0 Å². The highest BCUT2D eigenvalue weighted by Gasteiger charge is 2.21. The number of carbonyl (C=O) groups is 3. The summed E-state index contributed by atoms with van der Waals surface area (Å²) in [7, 11) is 0. The Balaban J connectivity index is 2.60.